The molecule has 2 aromatic rings. The van der Waals surface area contributed by atoms with Gasteiger partial charge in [0, 0.05) is 26.3 Å². The van der Waals surface area contributed by atoms with Crippen LogP contribution in [0.15, 0.2) is 38.6 Å². The molecule has 1 N–H and O–H groups in total. The molecular weight excluding hydrogens is 390 g/mol. The second-order valence-electron chi connectivity index (χ2n) is 4.47. The molecule has 0 amide bonds. The van der Waals surface area contributed by atoms with Crippen LogP contribution in [-0.2, 0) is 6.54 Å². The molecule has 0 aliphatic heterocycles. The Morgan fingerprint density at radius 1 is 1.32 bits per heavy atom. The van der Waals surface area contributed by atoms with Crippen LogP contribution in [-0.4, -0.2) is 12.2 Å². The SMILES string of the molecule is CC(O)c1ccc(N(C)Cc2cc(Br)cs2)c(Br)c1. The van der Waals surface area contributed by atoms with E-state index in [-0.39, 0.29) is 0 Å². The third kappa shape index (κ3) is 3.81. The monoisotopic (exact) mass is 403 g/mol. The van der Waals surface area contributed by atoms with E-state index in [1.807, 2.05) is 18.2 Å². The van der Waals surface area contributed by atoms with Crippen LogP contribution >= 0.6 is 43.2 Å². The van der Waals surface area contributed by atoms with Gasteiger partial charge in [0.2, 0.25) is 0 Å². The molecule has 2 rings (SSSR count). The number of aliphatic hydroxyl groups excluding tert-OH is 1. The van der Waals surface area contributed by atoms with E-state index >= 15 is 0 Å². The van der Waals surface area contributed by atoms with Gasteiger partial charge in [-0.1, -0.05) is 6.07 Å². The van der Waals surface area contributed by atoms with Crippen molar-refractivity contribution in [3.63, 3.8) is 0 Å². The minimum Gasteiger partial charge on any atom is -0.389 e. The maximum Gasteiger partial charge on any atom is 0.0762 e. The number of thiophene rings is 1. The van der Waals surface area contributed by atoms with Crippen LogP contribution in [0.2, 0.25) is 0 Å². The normalized spacial score (nSPS) is 12.5. The summed E-state index contributed by atoms with van der Waals surface area (Å²) in [5, 5.41) is 11.7. The Morgan fingerprint density at radius 2 is 2.05 bits per heavy atom. The van der Waals surface area contributed by atoms with Crippen molar-refractivity contribution in [2.75, 3.05) is 11.9 Å². The Labute approximate surface area is 134 Å². The van der Waals surface area contributed by atoms with Gasteiger partial charge in [-0.25, -0.2) is 0 Å². The van der Waals surface area contributed by atoms with Crippen LogP contribution in [0.5, 0.6) is 0 Å². The second-order valence-corrected chi connectivity index (χ2v) is 7.24. The maximum absolute atomic E-state index is 9.58. The summed E-state index contributed by atoms with van der Waals surface area (Å²) in [6, 6.07) is 8.11. The van der Waals surface area contributed by atoms with Crippen molar-refractivity contribution < 1.29 is 5.11 Å². The number of anilines is 1. The highest BCUT2D eigenvalue weighted by molar-refractivity contribution is 9.10. The van der Waals surface area contributed by atoms with Crippen LogP contribution in [0.1, 0.15) is 23.5 Å². The summed E-state index contributed by atoms with van der Waals surface area (Å²) in [6.45, 7) is 2.64. The number of nitrogens with zero attached hydrogens (tertiary/aromatic N) is 1. The molecule has 0 fully saturated rings. The molecule has 0 saturated heterocycles. The van der Waals surface area contributed by atoms with E-state index in [9.17, 15) is 5.11 Å². The summed E-state index contributed by atoms with van der Waals surface area (Å²) < 4.78 is 2.13. The topological polar surface area (TPSA) is 23.5 Å². The first-order valence-corrected chi connectivity index (χ1v) is 8.35. The highest BCUT2D eigenvalue weighted by atomic mass is 79.9. The van der Waals surface area contributed by atoms with E-state index < -0.39 is 6.10 Å². The van der Waals surface area contributed by atoms with Crippen molar-refractivity contribution in [3.8, 4) is 0 Å². The summed E-state index contributed by atoms with van der Waals surface area (Å²) in [6.07, 6.45) is -0.441. The van der Waals surface area contributed by atoms with Crippen molar-refractivity contribution in [2.24, 2.45) is 0 Å². The van der Waals surface area contributed by atoms with Gasteiger partial charge in [-0.15, -0.1) is 11.3 Å². The van der Waals surface area contributed by atoms with Crippen LogP contribution in [0.25, 0.3) is 0 Å². The average molecular weight is 405 g/mol. The Balaban J connectivity index is 2.17. The summed E-state index contributed by atoms with van der Waals surface area (Å²) in [5.74, 6) is 0. The van der Waals surface area contributed by atoms with Gasteiger partial charge >= 0.3 is 0 Å². The van der Waals surface area contributed by atoms with Crippen LogP contribution < -0.4 is 4.90 Å². The second kappa shape index (κ2) is 6.39. The molecule has 1 heterocycles. The fraction of sp³-hybridized carbons (Fsp3) is 0.286. The molecule has 5 heteroatoms. The third-order valence-corrected chi connectivity index (χ3v) is 5.20. The van der Waals surface area contributed by atoms with E-state index in [1.54, 1.807) is 18.3 Å². The van der Waals surface area contributed by atoms with Crippen LogP contribution in [0.3, 0.4) is 0 Å². The van der Waals surface area contributed by atoms with E-state index in [0.29, 0.717) is 0 Å². The standard InChI is InChI=1S/C14H15Br2NOS/c1-9(18)10-3-4-14(13(16)5-10)17(2)7-12-6-11(15)8-19-12/h3-6,8-9,18H,7H2,1-2H3. The molecule has 0 spiro atoms. The molecule has 1 aromatic carbocycles. The number of halogens is 2. The predicted molar refractivity (Wildman–Crippen MR) is 88.9 cm³/mol. The summed E-state index contributed by atoms with van der Waals surface area (Å²) in [5.41, 5.74) is 2.04. The first-order valence-electron chi connectivity index (χ1n) is 5.89. The Morgan fingerprint density at radius 3 is 2.58 bits per heavy atom. The quantitative estimate of drug-likeness (QED) is 0.777. The summed E-state index contributed by atoms with van der Waals surface area (Å²) in [7, 11) is 2.07. The third-order valence-electron chi connectivity index (χ3n) is 2.88. The number of hydrogen-bond donors (Lipinski definition) is 1. The molecule has 1 aromatic heterocycles. The number of hydrogen-bond acceptors (Lipinski definition) is 3. The number of aliphatic hydroxyl groups is 1. The minimum absolute atomic E-state index is 0.441. The molecule has 102 valence electrons. The number of benzene rings is 1. The van der Waals surface area contributed by atoms with Gasteiger partial charge in [0.25, 0.3) is 0 Å². The van der Waals surface area contributed by atoms with Crippen LogP contribution in [0, 0.1) is 0 Å². The Bertz CT molecular complexity index is 568. The zero-order valence-corrected chi connectivity index (χ0v) is 14.7. The lowest BCUT2D eigenvalue weighted by Gasteiger charge is -2.21. The fourth-order valence-electron chi connectivity index (χ4n) is 1.85. The van der Waals surface area contributed by atoms with Gasteiger partial charge in [0.1, 0.15) is 0 Å². The van der Waals surface area contributed by atoms with E-state index in [1.165, 1.54) is 4.88 Å². The van der Waals surface area contributed by atoms with Gasteiger partial charge in [0.05, 0.1) is 18.3 Å². The van der Waals surface area contributed by atoms with Gasteiger partial charge in [-0.05, 0) is 62.5 Å². The molecule has 0 saturated carbocycles. The van der Waals surface area contributed by atoms with Gasteiger partial charge in [0.15, 0.2) is 0 Å². The Hall–Kier alpha value is -0.360. The maximum atomic E-state index is 9.58. The largest absolute Gasteiger partial charge is 0.389 e. The highest BCUT2D eigenvalue weighted by Crippen LogP contribution is 2.30. The Kier molecular flexibility index (Phi) is 5.06. The zero-order chi connectivity index (χ0) is 14.0. The zero-order valence-electron chi connectivity index (χ0n) is 10.7. The lowest BCUT2D eigenvalue weighted by molar-refractivity contribution is 0.199. The molecule has 0 bridgehead atoms. The summed E-state index contributed by atoms with van der Waals surface area (Å²) >= 11 is 8.79. The molecule has 19 heavy (non-hydrogen) atoms. The summed E-state index contributed by atoms with van der Waals surface area (Å²) in [4.78, 5) is 3.50. The van der Waals surface area contributed by atoms with E-state index in [2.05, 4.69) is 55.3 Å². The van der Waals surface area contributed by atoms with E-state index in [0.717, 1.165) is 26.7 Å². The fourth-order valence-corrected chi connectivity index (χ4v) is 4.05. The first-order chi connectivity index (χ1) is 8.97. The smallest absolute Gasteiger partial charge is 0.0762 e. The molecule has 1 atom stereocenters. The first kappa shape index (κ1) is 15.0. The molecule has 0 aliphatic rings. The molecule has 0 radical (unpaired) electrons. The van der Waals surface area contributed by atoms with Crippen molar-refractivity contribution in [3.05, 3.63) is 49.0 Å². The van der Waals surface area contributed by atoms with E-state index in [4.69, 9.17) is 0 Å². The highest BCUT2D eigenvalue weighted by Gasteiger charge is 2.10. The molecule has 2 nitrogen and oxygen atoms in total. The number of rotatable bonds is 4. The molecular formula is C14H15Br2NOS. The van der Waals surface area contributed by atoms with Crippen molar-refractivity contribution >= 4 is 48.9 Å². The van der Waals surface area contributed by atoms with Crippen LogP contribution in [0.4, 0.5) is 5.69 Å². The van der Waals surface area contributed by atoms with Crippen molar-refractivity contribution in [1.29, 1.82) is 0 Å². The minimum atomic E-state index is -0.441. The lowest BCUT2D eigenvalue weighted by Crippen LogP contribution is -2.16. The van der Waals surface area contributed by atoms with Gasteiger partial charge in [-0.2, -0.15) is 0 Å². The van der Waals surface area contributed by atoms with Gasteiger partial charge < -0.3 is 10.0 Å². The average Bonchev–Trinajstić information content (AvgIpc) is 2.74. The van der Waals surface area contributed by atoms with Gasteiger partial charge in [-0.3, -0.25) is 0 Å². The molecule has 0 aliphatic carbocycles. The molecule has 1 unspecified atom stereocenters. The van der Waals surface area contributed by atoms with Crippen molar-refractivity contribution in [1.82, 2.24) is 0 Å². The predicted octanol–water partition coefficient (Wildman–Crippen LogP) is 4.96. The lowest BCUT2D eigenvalue weighted by atomic mass is 10.1. The van der Waals surface area contributed by atoms with Crippen molar-refractivity contribution in [2.45, 2.75) is 19.6 Å².